The number of ether oxygens (including phenoxy) is 1. The number of carbonyl (C=O) groups excluding carboxylic acids is 2. The second-order valence-corrected chi connectivity index (χ2v) is 8.83. The third-order valence-electron chi connectivity index (χ3n) is 5.33. The van der Waals surface area contributed by atoms with E-state index in [4.69, 9.17) is 4.74 Å². The van der Waals surface area contributed by atoms with E-state index in [2.05, 4.69) is 5.43 Å². The molecule has 2 heterocycles. The van der Waals surface area contributed by atoms with Gasteiger partial charge >= 0.3 is 0 Å². The Morgan fingerprint density at radius 2 is 1.82 bits per heavy atom. The number of thioether (sulfide) groups is 1. The van der Waals surface area contributed by atoms with Gasteiger partial charge in [0.15, 0.2) is 0 Å². The molecule has 1 unspecified atom stereocenters. The number of hydrogen-bond acceptors (Lipinski definition) is 6. The van der Waals surface area contributed by atoms with Crippen molar-refractivity contribution in [3.05, 3.63) is 76.3 Å². The van der Waals surface area contributed by atoms with E-state index < -0.39 is 11.2 Å². The number of nitrogens with one attached hydrogen (secondary N) is 1. The molecule has 9 heteroatoms. The zero-order chi connectivity index (χ0) is 22.5. The lowest BCUT2D eigenvalue weighted by atomic mass is 10.1. The number of para-hydroxylation sites is 1. The van der Waals surface area contributed by atoms with Crippen molar-refractivity contribution in [3.63, 3.8) is 0 Å². The zero-order valence-corrected chi connectivity index (χ0v) is 20.7. The van der Waals surface area contributed by atoms with E-state index >= 15 is 0 Å². The third kappa shape index (κ3) is 5.84. The zero-order valence-electron chi connectivity index (χ0n) is 18.2. The van der Waals surface area contributed by atoms with Gasteiger partial charge in [-0.25, -0.2) is 5.01 Å². The number of amides is 2. The van der Waals surface area contributed by atoms with Crippen LogP contribution >= 0.6 is 28.7 Å². The van der Waals surface area contributed by atoms with E-state index in [1.807, 2.05) is 67.6 Å². The summed E-state index contributed by atoms with van der Waals surface area (Å²) in [5, 5.41) is 11.6. The molecule has 2 saturated heterocycles. The van der Waals surface area contributed by atoms with E-state index in [0.717, 1.165) is 11.1 Å². The van der Waals surface area contributed by atoms with Gasteiger partial charge in [0.25, 0.3) is 5.91 Å². The van der Waals surface area contributed by atoms with Crippen LogP contribution in [-0.2, 0) is 20.7 Å². The van der Waals surface area contributed by atoms with Crippen LogP contribution in [0.1, 0.15) is 11.1 Å². The fourth-order valence-corrected chi connectivity index (χ4v) is 4.92. The van der Waals surface area contributed by atoms with E-state index in [1.165, 1.54) is 16.7 Å². The first-order chi connectivity index (χ1) is 15.6. The molecule has 0 radical (unpaired) electrons. The Bertz CT molecular complexity index is 1060. The Morgan fingerprint density at radius 1 is 1.15 bits per heavy atom. The molecule has 7 nitrogen and oxygen atoms in total. The van der Waals surface area contributed by atoms with Crippen molar-refractivity contribution in [1.82, 2.24) is 10.4 Å². The van der Waals surface area contributed by atoms with Crippen LogP contribution in [0.3, 0.4) is 0 Å². The number of benzene rings is 2. The van der Waals surface area contributed by atoms with E-state index in [-0.39, 0.29) is 28.5 Å². The summed E-state index contributed by atoms with van der Waals surface area (Å²) < 4.78 is 5.31. The van der Waals surface area contributed by atoms with Gasteiger partial charge in [0.1, 0.15) is 16.7 Å². The molecule has 0 aromatic heterocycles. The molecule has 1 atom stereocenters. The minimum Gasteiger partial charge on any atom is -0.379 e. The van der Waals surface area contributed by atoms with Crippen LogP contribution in [0.5, 0.6) is 0 Å². The number of carbonyl (C=O) groups is 2. The Balaban J connectivity index is 0.00000306. The fraction of sp³-hybridized carbons (Fsp3) is 0.292. The summed E-state index contributed by atoms with van der Waals surface area (Å²) in [7, 11) is 0. The summed E-state index contributed by atoms with van der Waals surface area (Å²) in [5.74, 6) is -0.648. The number of nitriles is 1. The number of anilines is 1. The van der Waals surface area contributed by atoms with Crippen molar-refractivity contribution in [2.24, 2.45) is 0 Å². The van der Waals surface area contributed by atoms with Crippen molar-refractivity contribution in [1.29, 1.82) is 5.26 Å². The standard InChI is InChI=1S/C24H24N4O3S.BrH/c1-17-7-9-18(10-8-17)15-21-23(30)28(19-5-3-2-4-6-19)24(32-21)20(16-25)22(29)26-27-11-13-31-14-12-27;/h2-10,21H,11-15H2,1H3,(H,26,29);1H/b24-20+;. The molecule has 2 aliphatic heterocycles. The number of rotatable bonds is 5. The highest BCUT2D eigenvalue weighted by atomic mass is 79.9. The SMILES string of the molecule is Br.Cc1ccc(CC2S/C(=C(\C#N)C(=O)NN3CCOCC3)N(c3ccccc3)C2=O)cc1. The first-order valence-electron chi connectivity index (χ1n) is 10.5. The van der Waals surface area contributed by atoms with Crippen molar-refractivity contribution < 1.29 is 14.3 Å². The molecule has 0 aliphatic carbocycles. The molecule has 2 aromatic rings. The number of halogens is 1. The first-order valence-corrected chi connectivity index (χ1v) is 11.3. The topological polar surface area (TPSA) is 85.7 Å². The number of hydrogen-bond donors (Lipinski definition) is 1. The molecule has 0 bridgehead atoms. The summed E-state index contributed by atoms with van der Waals surface area (Å²) >= 11 is 1.27. The average molecular weight is 529 g/mol. The molecule has 2 fully saturated rings. The fourth-order valence-electron chi connectivity index (χ4n) is 3.61. The molecule has 172 valence electrons. The van der Waals surface area contributed by atoms with E-state index in [1.54, 1.807) is 5.01 Å². The molecule has 1 N–H and O–H groups in total. The molecule has 4 rings (SSSR count). The van der Waals surface area contributed by atoms with Gasteiger partial charge in [0, 0.05) is 18.8 Å². The molecule has 0 saturated carbocycles. The van der Waals surface area contributed by atoms with Crippen LogP contribution in [0.2, 0.25) is 0 Å². The summed E-state index contributed by atoms with van der Waals surface area (Å²) in [6.07, 6.45) is 0.514. The first kappa shape index (κ1) is 25.0. The number of morpholine rings is 1. The van der Waals surface area contributed by atoms with Crippen LogP contribution in [0.4, 0.5) is 5.69 Å². The van der Waals surface area contributed by atoms with Gasteiger partial charge in [-0.15, -0.1) is 17.0 Å². The summed E-state index contributed by atoms with van der Waals surface area (Å²) in [5.41, 5.74) is 5.54. The second kappa shape index (κ2) is 11.5. The Labute approximate surface area is 208 Å². The second-order valence-electron chi connectivity index (χ2n) is 7.64. The van der Waals surface area contributed by atoms with Crippen molar-refractivity contribution in [3.8, 4) is 6.07 Å². The van der Waals surface area contributed by atoms with Gasteiger partial charge in [-0.05, 0) is 31.0 Å². The Morgan fingerprint density at radius 3 is 2.45 bits per heavy atom. The monoisotopic (exact) mass is 528 g/mol. The van der Waals surface area contributed by atoms with Gasteiger partial charge in [0.2, 0.25) is 5.91 Å². The normalized spacial score (nSPS) is 20.1. The number of hydrazine groups is 1. The average Bonchev–Trinajstić information content (AvgIpc) is 3.12. The molecular formula is C24H25BrN4O3S. The number of nitrogens with zero attached hydrogens (tertiary/aromatic N) is 3. The lowest BCUT2D eigenvalue weighted by molar-refractivity contribution is -0.123. The molecule has 0 spiro atoms. The van der Waals surface area contributed by atoms with Gasteiger partial charge in [-0.3, -0.25) is 19.9 Å². The van der Waals surface area contributed by atoms with E-state index in [9.17, 15) is 14.9 Å². The lowest BCUT2D eigenvalue weighted by Gasteiger charge is -2.27. The predicted molar refractivity (Wildman–Crippen MR) is 134 cm³/mol. The van der Waals surface area contributed by atoms with Gasteiger partial charge < -0.3 is 4.74 Å². The van der Waals surface area contributed by atoms with Crippen molar-refractivity contribution in [2.45, 2.75) is 18.6 Å². The van der Waals surface area contributed by atoms with Crippen LogP contribution in [-0.4, -0.2) is 48.4 Å². The summed E-state index contributed by atoms with van der Waals surface area (Å²) in [4.78, 5) is 27.9. The van der Waals surface area contributed by atoms with Crippen molar-refractivity contribution in [2.75, 3.05) is 31.2 Å². The van der Waals surface area contributed by atoms with Crippen molar-refractivity contribution >= 4 is 46.2 Å². The minimum atomic E-state index is -0.512. The Hall–Kier alpha value is -2.64. The van der Waals surface area contributed by atoms with Crippen LogP contribution in [0, 0.1) is 18.3 Å². The molecule has 2 aromatic carbocycles. The maximum absolute atomic E-state index is 13.4. The van der Waals surface area contributed by atoms with Gasteiger partial charge in [0.05, 0.1) is 18.5 Å². The van der Waals surface area contributed by atoms with Crippen LogP contribution < -0.4 is 10.3 Å². The lowest BCUT2D eigenvalue weighted by Crippen LogP contribution is -2.49. The molecule has 2 amide bonds. The van der Waals surface area contributed by atoms with Crippen LogP contribution in [0.15, 0.2) is 65.2 Å². The maximum atomic E-state index is 13.4. The highest BCUT2D eigenvalue weighted by Gasteiger charge is 2.41. The van der Waals surface area contributed by atoms with Crippen LogP contribution in [0.25, 0.3) is 0 Å². The maximum Gasteiger partial charge on any atom is 0.278 e. The Kier molecular flexibility index (Phi) is 8.69. The van der Waals surface area contributed by atoms with Gasteiger partial charge in [-0.2, -0.15) is 5.26 Å². The minimum absolute atomic E-state index is 0. The summed E-state index contributed by atoms with van der Waals surface area (Å²) in [6.45, 7) is 4.14. The molecular weight excluding hydrogens is 504 g/mol. The van der Waals surface area contributed by atoms with E-state index in [0.29, 0.717) is 43.4 Å². The molecule has 2 aliphatic rings. The highest BCUT2D eigenvalue weighted by molar-refractivity contribution is 8.93. The summed E-state index contributed by atoms with van der Waals surface area (Å²) in [6, 6.07) is 19.2. The smallest absolute Gasteiger partial charge is 0.278 e. The number of aryl methyl sites for hydroxylation is 1. The predicted octanol–water partition coefficient (Wildman–Crippen LogP) is 3.36. The van der Waals surface area contributed by atoms with Gasteiger partial charge in [-0.1, -0.05) is 59.8 Å². The third-order valence-corrected chi connectivity index (χ3v) is 6.60. The highest BCUT2D eigenvalue weighted by Crippen LogP contribution is 2.41. The molecule has 33 heavy (non-hydrogen) atoms. The largest absolute Gasteiger partial charge is 0.379 e. The quantitative estimate of drug-likeness (QED) is 0.473.